The zero-order valence-corrected chi connectivity index (χ0v) is 9.69. The van der Waals surface area contributed by atoms with Crippen LogP contribution in [0.25, 0.3) is 0 Å². The van der Waals surface area contributed by atoms with Gasteiger partial charge in [0.1, 0.15) is 5.75 Å². The monoisotopic (exact) mass is 217 g/mol. The van der Waals surface area contributed by atoms with Gasteiger partial charge in [-0.15, -0.1) is 0 Å². The Morgan fingerprint density at radius 3 is 2.38 bits per heavy atom. The zero-order chi connectivity index (χ0) is 10.8. The van der Waals surface area contributed by atoms with Gasteiger partial charge in [0.25, 0.3) is 0 Å². The Hall–Kier alpha value is -1.18. The van der Waals surface area contributed by atoms with E-state index in [1.165, 1.54) is 44.5 Å². The molecule has 1 aromatic carbocycles. The van der Waals surface area contributed by atoms with Crippen LogP contribution in [0.5, 0.6) is 5.75 Å². The summed E-state index contributed by atoms with van der Waals surface area (Å²) < 4.78 is 5.73. The molecule has 1 heterocycles. The highest BCUT2D eigenvalue weighted by Crippen LogP contribution is 2.30. The topological polar surface area (TPSA) is 12.5 Å². The van der Waals surface area contributed by atoms with E-state index in [9.17, 15) is 0 Å². The number of benzene rings is 1. The molecule has 86 valence electrons. The maximum Gasteiger partial charge on any atom is 0.119 e. The molecule has 0 spiro atoms. The van der Waals surface area contributed by atoms with E-state index in [0.29, 0.717) is 0 Å². The first kappa shape index (κ1) is 10.0. The normalized spacial score (nSPS) is 20.1. The smallest absolute Gasteiger partial charge is 0.119 e. The standard InChI is InChI=1S/C14H19NO/c1-2-10-15(9-1)13-5-7-14(8-6-13)16-11-12-3-4-12/h5-8,12H,1-4,9-11H2. The van der Waals surface area contributed by atoms with Gasteiger partial charge in [0.05, 0.1) is 6.61 Å². The highest BCUT2D eigenvalue weighted by atomic mass is 16.5. The second-order valence-electron chi connectivity index (χ2n) is 4.94. The van der Waals surface area contributed by atoms with Crippen molar-refractivity contribution in [3.05, 3.63) is 24.3 Å². The molecule has 0 amide bonds. The molecule has 0 aromatic heterocycles. The summed E-state index contributed by atoms with van der Waals surface area (Å²) in [5, 5.41) is 0. The minimum atomic E-state index is 0.832. The van der Waals surface area contributed by atoms with Gasteiger partial charge in [0, 0.05) is 18.8 Å². The molecule has 1 aliphatic heterocycles. The molecular weight excluding hydrogens is 198 g/mol. The van der Waals surface area contributed by atoms with Crippen molar-refractivity contribution < 1.29 is 4.74 Å². The Labute approximate surface area is 97.2 Å². The van der Waals surface area contributed by atoms with Gasteiger partial charge in [0.2, 0.25) is 0 Å². The van der Waals surface area contributed by atoms with Crippen molar-refractivity contribution in [1.82, 2.24) is 0 Å². The first-order valence-electron chi connectivity index (χ1n) is 6.39. The van der Waals surface area contributed by atoms with Crippen molar-refractivity contribution in [2.75, 3.05) is 24.6 Å². The summed E-state index contributed by atoms with van der Waals surface area (Å²) in [4.78, 5) is 2.45. The SMILES string of the molecule is c1cc(N2CCCC2)ccc1OCC1CC1. The molecule has 0 unspecified atom stereocenters. The lowest BCUT2D eigenvalue weighted by Gasteiger charge is -2.17. The molecule has 1 aliphatic carbocycles. The van der Waals surface area contributed by atoms with Crippen molar-refractivity contribution in [1.29, 1.82) is 0 Å². The van der Waals surface area contributed by atoms with Gasteiger partial charge < -0.3 is 9.64 Å². The molecule has 2 nitrogen and oxygen atoms in total. The van der Waals surface area contributed by atoms with Crippen LogP contribution in [-0.4, -0.2) is 19.7 Å². The lowest BCUT2D eigenvalue weighted by molar-refractivity contribution is 0.300. The van der Waals surface area contributed by atoms with Gasteiger partial charge in [0.15, 0.2) is 0 Å². The summed E-state index contributed by atoms with van der Waals surface area (Å²) in [6.45, 7) is 3.33. The number of hydrogen-bond acceptors (Lipinski definition) is 2. The van der Waals surface area contributed by atoms with E-state index >= 15 is 0 Å². The Bertz CT molecular complexity index is 336. The van der Waals surface area contributed by atoms with Crippen LogP contribution in [0.2, 0.25) is 0 Å². The third-order valence-electron chi connectivity index (χ3n) is 3.49. The molecule has 3 rings (SSSR count). The van der Waals surface area contributed by atoms with E-state index in [-0.39, 0.29) is 0 Å². The van der Waals surface area contributed by atoms with E-state index in [4.69, 9.17) is 4.74 Å². The molecule has 16 heavy (non-hydrogen) atoms. The van der Waals surface area contributed by atoms with Crippen LogP contribution >= 0.6 is 0 Å². The molecule has 1 aromatic rings. The first-order chi connectivity index (χ1) is 7.92. The quantitative estimate of drug-likeness (QED) is 0.768. The Morgan fingerprint density at radius 1 is 1.06 bits per heavy atom. The second kappa shape index (κ2) is 4.36. The summed E-state index contributed by atoms with van der Waals surface area (Å²) >= 11 is 0. The number of hydrogen-bond donors (Lipinski definition) is 0. The lowest BCUT2D eigenvalue weighted by atomic mass is 10.3. The summed E-state index contributed by atoms with van der Waals surface area (Å²) in [6.07, 6.45) is 5.37. The predicted octanol–water partition coefficient (Wildman–Crippen LogP) is 3.08. The molecule has 2 aliphatic rings. The highest BCUT2D eigenvalue weighted by Gasteiger charge is 2.21. The second-order valence-corrected chi connectivity index (χ2v) is 4.94. The minimum Gasteiger partial charge on any atom is -0.493 e. The molecule has 0 radical (unpaired) electrons. The van der Waals surface area contributed by atoms with Gasteiger partial charge >= 0.3 is 0 Å². The van der Waals surface area contributed by atoms with Crippen LogP contribution in [0.4, 0.5) is 5.69 Å². The summed E-state index contributed by atoms with van der Waals surface area (Å²) in [6, 6.07) is 8.59. The van der Waals surface area contributed by atoms with E-state index in [1.807, 2.05) is 0 Å². The first-order valence-corrected chi connectivity index (χ1v) is 6.39. The van der Waals surface area contributed by atoms with Gasteiger partial charge in [-0.25, -0.2) is 0 Å². The van der Waals surface area contributed by atoms with Crippen molar-refractivity contribution >= 4 is 5.69 Å². The highest BCUT2D eigenvalue weighted by molar-refractivity contribution is 5.49. The Morgan fingerprint density at radius 2 is 1.75 bits per heavy atom. The Balaban J connectivity index is 1.59. The molecule has 1 saturated carbocycles. The molecule has 0 bridgehead atoms. The minimum absolute atomic E-state index is 0.832. The fourth-order valence-corrected chi connectivity index (χ4v) is 2.23. The average Bonchev–Trinajstić information content (AvgIpc) is 3.00. The van der Waals surface area contributed by atoms with E-state index in [2.05, 4.69) is 29.2 Å². The largest absolute Gasteiger partial charge is 0.493 e. The zero-order valence-electron chi connectivity index (χ0n) is 9.69. The van der Waals surface area contributed by atoms with Crippen molar-refractivity contribution in [2.24, 2.45) is 5.92 Å². The third kappa shape index (κ3) is 2.31. The molecule has 2 fully saturated rings. The van der Waals surface area contributed by atoms with Crippen molar-refractivity contribution in [2.45, 2.75) is 25.7 Å². The van der Waals surface area contributed by atoms with Crippen LogP contribution in [0.1, 0.15) is 25.7 Å². The van der Waals surface area contributed by atoms with Gasteiger partial charge in [-0.05, 0) is 55.9 Å². The maximum atomic E-state index is 5.73. The summed E-state index contributed by atoms with van der Waals surface area (Å²) in [5.74, 6) is 1.85. The molecule has 0 atom stereocenters. The van der Waals surface area contributed by atoms with E-state index in [1.54, 1.807) is 0 Å². The third-order valence-corrected chi connectivity index (χ3v) is 3.49. The van der Waals surface area contributed by atoms with Gasteiger partial charge in [-0.2, -0.15) is 0 Å². The van der Waals surface area contributed by atoms with Crippen molar-refractivity contribution in [3.63, 3.8) is 0 Å². The molecule has 0 N–H and O–H groups in total. The van der Waals surface area contributed by atoms with E-state index < -0.39 is 0 Å². The number of nitrogens with zero attached hydrogens (tertiary/aromatic N) is 1. The van der Waals surface area contributed by atoms with Crippen LogP contribution < -0.4 is 9.64 Å². The number of anilines is 1. The van der Waals surface area contributed by atoms with Gasteiger partial charge in [-0.3, -0.25) is 0 Å². The average molecular weight is 217 g/mol. The summed E-state index contributed by atoms with van der Waals surface area (Å²) in [7, 11) is 0. The lowest BCUT2D eigenvalue weighted by Crippen LogP contribution is -2.17. The maximum absolute atomic E-state index is 5.73. The van der Waals surface area contributed by atoms with Crippen molar-refractivity contribution in [3.8, 4) is 5.75 Å². The van der Waals surface area contributed by atoms with Crippen LogP contribution in [0.15, 0.2) is 24.3 Å². The number of ether oxygens (including phenoxy) is 1. The van der Waals surface area contributed by atoms with Crippen LogP contribution in [-0.2, 0) is 0 Å². The molecular formula is C14H19NO. The van der Waals surface area contributed by atoms with E-state index in [0.717, 1.165) is 18.3 Å². The predicted molar refractivity (Wildman–Crippen MR) is 66.1 cm³/mol. The van der Waals surface area contributed by atoms with Gasteiger partial charge in [-0.1, -0.05) is 0 Å². The Kier molecular flexibility index (Phi) is 2.73. The van der Waals surface area contributed by atoms with Crippen LogP contribution in [0, 0.1) is 5.92 Å². The summed E-state index contributed by atoms with van der Waals surface area (Å²) in [5.41, 5.74) is 1.34. The fraction of sp³-hybridized carbons (Fsp3) is 0.571. The molecule has 2 heteroatoms. The number of rotatable bonds is 4. The molecule has 1 saturated heterocycles. The fourth-order valence-electron chi connectivity index (χ4n) is 2.23. The van der Waals surface area contributed by atoms with Crippen LogP contribution in [0.3, 0.4) is 0 Å².